The molecule has 0 spiro atoms. The van der Waals surface area contributed by atoms with Gasteiger partial charge in [0, 0.05) is 36.2 Å². The highest BCUT2D eigenvalue weighted by molar-refractivity contribution is 5.83. The van der Waals surface area contributed by atoms with Crippen LogP contribution in [0.25, 0.3) is 22.3 Å². The first-order valence-electron chi connectivity index (χ1n) is 13.6. The third-order valence-corrected chi connectivity index (χ3v) is 7.28. The van der Waals surface area contributed by atoms with Crippen molar-refractivity contribution >= 4 is 22.8 Å². The number of fused-ring (bicyclic) bond motifs is 1. The highest BCUT2D eigenvalue weighted by Gasteiger charge is 2.19. The summed E-state index contributed by atoms with van der Waals surface area (Å²) in [5, 5.41) is 8.66. The maximum absolute atomic E-state index is 15.1. The third kappa shape index (κ3) is 5.79. The minimum absolute atomic E-state index is 0.0752. The van der Waals surface area contributed by atoms with Crippen LogP contribution < -0.4 is 15.8 Å². The molecule has 0 radical (unpaired) electrons. The second-order valence-electron chi connectivity index (χ2n) is 10.0. The van der Waals surface area contributed by atoms with Crippen molar-refractivity contribution in [2.75, 3.05) is 43.9 Å². The van der Waals surface area contributed by atoms with E-state index in [-0.39, 0.29) is 30.4 Å². The van der Waals surface area contributed by atoms with Crippen LogP contribution >= 0.6 is 0 Å². The molecule has 1 unspecified atom stereocenters. The number of nitrogen functional groups attached to an aromatic ring is 1. The van der Waals surface area contributed by atoms with Gasteiger partial charge in [0.15, 0.2) is 23.6 Å². The van der Waals surface area contributed by atoms with E-state index in [1.54, 1.807) is 18.2 Å². The molecule has 2 aromatic heterocycles. The van der Waals surface area contributed by atoms with Crippen molar-refractivity contribution in [2.24, 2.45) is 0 Å². The largest absolute Gasteiger partial charge is 0.489 e. The molecule has 6 rings (SSSR count). The summed E-state index contributed by atoms with van der Waals surface area (Å²) in [7, 11) is 0. The third-order valence-electron chi connectivity index (χ3n) is 7.28. The highest BCUT2D eigenvalue weighted by Crippen LogP contribution is 2.29. The Bertz CT molecular complexity index is 1430. The minimum atomic E-state index is -0.391. The maximum atomic E-state index is 15.1. The van der Waals surface area contributed by atoms with Gasteiger partial charge >= 0.3 is 0 Å². The smallest absolute Gasteiger partial charge is 0.228 e. The van der Waals surface area contributed by atoms with Crippen molar-refractivity contribution in [3.05, 3.63) is 54.0 Å². The summed E-state index contributed by atoms with van der Waals surface area (Å²) >= 11 is 0. The van der Waals surface area contributed by atoms with Gasteiger partial charge in [-0.25, -0.2) is 9.07 Å². The summed E-state index contributed by atoms with van der Waals surface area (Å²) in [5.41, 5.74) is 8.19. The fourth-order valence-corrected chi connectivity index (χ4v) is 5.19. The van der Waals surface area contributed by atoms with Gasteiger partial charge in [-0.3, -0.25) is 4.90 Å². The van der Waals surface area contributed by atoms with Crippen LogP contribution in [0.4, 0.5) is 16.3 Å². The van der Waals surface area contributed by atoms with Gasteiger partial charge in [0.1, 0.15) is 6.61 Å². The number of likely N-dealkylation sites (tertiary alicyclic amines) is 1. The van der Waals surface area contributed by atoms with Crippen molar-refractivity contribution in [3.8, 4) is 17.1 Å². The van der Waals surface area contributed by atoms with Crippen molar-refractivity contribution < 1.29 is 13.9 Å². The number of nitrogens with one attached hydrogen (secondary N) is 1. The molecule has 0 bridgehead atoms. The number of aromatic nitrogens is 5. The highest BCUT2D eigenvalue weighted by atomic mass is 19.1. The van der Waals surface area contributed by atoms with Crippen LogP contribution in [0.3, 0.4) is 0 Å². The molecule has 0 saturated carbocycles. The average molecular weight is 533 g/mol. The minimum Gasteiger partial charge on any atom is -0.489 e. The predicted octanol–water partition coefficient (Wildman–Crippen LogP) is 4.40. The molecule has 2 aliphatic heterocycles. The molecule has 204 valence electrons. The number of benzene rings is 2. The van der Waals surface area contributed by atoms with E-state index in [9.17, 15) is 0 Å². The molecule has 2 fully saturated rings. The van der Waals surface area contributed by atoms with Gasteiger partial charge in [0.25, 0.3) is 0 Å². The zero-order chi connectivity index (χ0) is 26.6. The Kier molecular flexibility index (Phi) is 7.51. The molecule has 0 amide bonds. The van der Waals surface area contributed by atoms with Crippen molar-refractivity contribution in [1.82, 2.24) is 29.6 Å². The van der Waals surface area contributed by atoms with E-state index in [0.29, 0.717) is 18.0 Å². The summed E-state index contributed by atoms with van der Waals surface area (Å²) in [6.07, 6.45) is 7.29. The Labute approximate surface area is 226 Å². The second kappa shape index (κ2) is 11.5. The Hall–Kier alpha value is -3.83. The predicted molar refractivity (Wildman–Crippen MR) is 147 cm³/mol. The molecule has 2 aliphatic rings. The van der Waals surface area contributed by atoms with Gasteiger partial charge in [-0.05, 0) is 57.3 Å². The van der Waals surface area contributed by atoms with Crippen molar-refractivity contribution in [3.63, 3.8) is 0 Å². The van der Waals surface area contributed by atoms with Crippen LogP contribution in [0.5, 0.6) is 5.75 Å². The molecule has 11 heteroatoms. The maximum Gasteiger partial charge on any atom is 0.228 e. The summed E-state index contributed by atoms with van der Waals surface area (Å²) in [6, 6.07) is 11.0. The number of halogens is 1. The molecule has 2 aromatic carbocycles. The first-order chi connectivity index (χ1) is 19.1. The van der Waals surface area contributed by atoms with Crippen LogP contribution in [-0.4, -0.2) is 62.5 Å². The molecule has 4 heterocycles. The van der Waals surface area contributed by atoms with Crippen LogP contribution in [0.15, 0.2) is 42.6 Å². The van der Waals surface area contributed by atoms with E-state index in [2.05, 4.69) is 30.3 Å². The zero-order valence-corrected chi connectivity index (χ0v) is 21.9. The molecule has 0 aliphatic carbocycles. The molecule has 39 heavy (non-hydrogen) atoms. The van der Waals surface area contributed by atoms with Crippen molar-refractivity contribution in [1.29, 1.82) is 0 Å². The van der Waals surface area contributed by atoms with Gasteiger partial charge in [-0.2, -0.15) is 20.1 Å². The van der Waals surface area contributed by atoms with Gasteiger partial charge in [-0.15, -0.1) is 0 Å². The van der Waals surface area contributed by atoms with E-state index in [4.69, 9.17) is 15.2 Å². The topological polar surface area (TPSA) is 116 Å². The lowest BCUT2D eigenvalue weighted by Crippen LogP contribution is -2.25. The van der Waals surface area contributed by atoms with Crippen LogP contribution in [0.1, 0.15) is 43.9 Å². The molecule has 1 atom stereocenters. The summed E-state index contributed by atoms with van der Waals surface area (Å²) in [5.74, 6) is 0.616. The Morgan fingerprint density at radius 2 is 1.97 bits per heavy atom. The number of anilines is 2. The second-order valence-corrected chi connectivity index (χ2v) is 10.0. The fourth-order valence-electron chi connectivity index (χ4n) is 5.19. The lowest BCUT2D eigenvalue weighted by molar-refractivity contribution is -0.0366. The Morgan fingerprint density at radius 3 is 2.82 bits per heavy atom. The van der Waals surface area contributed by atoms with Crippen molar-refractivity contribution in [2.45, 2.75) is 44.9 Å². The number of hydrogen-bond acceptors (Lipinski definition) is 9. The number of nitrogens with zero attached hydrogens (tertiary/aromatic N) is 6. The van der Waals surface area contributed by atoms with E-state index < -0.39 is 5.82 Å². The normalized spacial score (nSPS) is 18.0. The molecule has 2 saturated heterocycles. The standard InChI is InChI=1S/C28H33FN8O2/c29-25-21(6-5-7-23(25)38-15-13-36-11-2-3-12-36)17-31-28-34-26(33-27(30)35-28)19-9-10-20-18-32-37(22(20)16-19)24-8-1-4-14-39-24/h5-7,9-10,16,18,24H,1-4,8,11-15,17H2,(H3,30,31,33,34,35). The summed E-state index contributed by atoms with van der Waals surface area (Å²) in [4.78, 5) is 15.5. The Morgan fingerprint density at radius 1 is 1.08 bits per heavy atom. The number of nitrogens with two attached hydrogens (primary N) is 1. The van der Waals surface area contributed by atoms with E-state index in [1.807, 2.05) is 29.1 Å². The van der Waals surface area contributed by atoms with E-state index in [0.717, 1.165) is 62.0 Å². The lowest BCUT2D eigenvalue weighted by Gasteiger charge is -2.23. The first-order valence-corrected chi connectivity index (χ1v) is 13.6. The van der Waals surface area contributed by atoms with Gasteiger partial charge in [-0.1, -0.05) is 24.3 Å². The number of ether oxygens (including phenoxy) is 2. The summed E-state index contributed by atoms with van der Waals surface area (Å²) < 4.78 is 28.7. The first kappa shape index (κ1) is 25.4. The average Bonchev–Trinajstić information content (AvgIpc) is 3.63. The van der Waals surface area contributed by atoms with Gasteiger partial charge in [0.05, 0.1) is 11.7 Å². The molecule has 10 nitrogen and oxygen atoms in total. The molecule has 3 N–H and O–H groups in total. The monoisotopic (exact) mass is 532 g/mol. The van der Waals surface area contributed by atoms with Gasteiger partial charge in [0.2, 0.25) is 11.9 Å². The SMILES string of the molecule is Nc1nc(NCc2cccc(OCCN3CCCC3)c2F)nc(-c2ccc3cnn(C4CCCCO4)c3c2)n1. The molecule has 4 aromatic rings. The quantitative estimate of drug-likeness (QED) is 0.324. The number of hydrogen-bond donors (Lipinski definition) is 2. The molecular weight excluding hydrogens is 499 g/mol. The fraction of sp³-hybridized carbons (Fsp3) is 0.429. The van der Waals surface area contributed by atoms with Crippen LogP contribution in [0, 0.1) is 5.82 Å². The van der Waals surface area contributed by atoms with Crippen LogP contribution in [-0.2, 0) is 11.3 Å². The molecular formula is C28H33FN8O2. The van der Waals surface area contributed by atoms with E-state index in [1.165, 1.54) is 12.8 Å². The van der Waals surface area contributed by atoms with Gasteiger partial charge < -0.3 is 20.5 Å². The Balaban J connectivity index is 1.16. The summed E-state index contributed by atoms with van der Waals surface area (Å²) in [6.45, 7) is 4.33. The zero-order valence-electron chi connectivity index (χ0n) is 21.9. The van der Waals surface area contributed by atoms with Crippen LogP contribution in [0.2, 0.25) is 0 Å². The number of rotatable bonds is 9. The van der Waals surface area contributed by atoms with E-state index >= 15 is 4.39 Å². The lowest BCUT2D eigenvalue weighted by atomic mass is 10.1.